The predicted octanol–water partition coefficient (Wildman–Crippen LogP) is 2.03. The first-order chi connectivity index (χ1) is 10.3. The van der Waals surface area contributed by atoms with Crippen LogP contribution >= 0.6 is 0 Å². The molecule has 1 atom stereocenters. The molecule has 0 aromatic heterocycles. The molecule has 1 unspecified atom stereocenters. The highest BCUT2D eigenvalue weighted by molar-refractivity contribution is 5.29. The van der Waals surface area contributed by atoms with E-state index in [9.17, 15) is 0 Å². The Balaban J connectivity index is 2.18. The summed E-state index contributed by atoms with van der Waals surface area (Å²) in [7, 11) is 5.29. The fourth-order valence-electron chi connectivity index (χ4n) is 1.91. The fourth-order valence-corrected chi connectivity index (χ4v) is 1.91. The predicted molar refractivity (Wildman–Crippen MR) is 82.9 cm³/mol. The van der Waals surface area contributed by atoms with Crippen molar-refractivity contribution in [2.24, 2.45) is 0 Å². The van der Waals surface area contributed by atoms with Crippen LogP contribution in [0.25, 0.3) is 0 Å². The van der Waals surface area contributed by atoms with Gasteiger partial charge < -0.3 is 24.3 Å². The summed E-state index contributed by atoms with van der Waals surface area (Å²) < 4.78 is 21.2. The van der Waals surface area contributed by atoms with Crippen molar-refractivity contribution in [3.8, 4) is 5.75 Å². The number of hydrogen-bond donors (Lipinski definition) is 1. The Hall–Kier alpha value is -1.14. The van der Waals surface area contributed by atoms with E-state index in [0.717, 1.165) is 18.8 Å². The van der Waals surface area contributed by atoms with Crippen LogP contribution in [0.15, 0.2) is 24.3 Å². The monoisotopic (exact) mass is 297 g/mol. The lowest BCUT2D eigenvalue weighted by atomic mass is 10.1. The van der Waals surface area contributed by atoms with E-state index in [1.165, 1.54) is 5.56 Å². The summed E-state index contributed by atoms with van der Waals surface area (Å²) in [5.74, 6) is 0.860. The number of nitrogens with one attached hydrogen (secondary N) is 1. The van der Waals surface area contributed by atoms with Gasteiger partial charge in [-0.3, -0.25) is 0 Å². The molecule has 0 heterocycles. The van der Waals surface area contributed by atoms with E-state index in [0.29, 0.717) is 26.4 Å². The third-order valence-electron chi connectivity index (χ3n) is 3.16. The van der Waals surface area contributed by atoms with Gasteiger partial charge in [-0.05, 0) is 31.2 Å². The minimum absolute atomic E-state index is 0.171. The standard InChI is InChI=1S/C16H27NO4/c1-17-16(14-5-7-15(19-3)8-6-14)13-21-12-11-20-10-4-9-18-2/h5-8,16-17H,4,9-13H2,1-3H3. The highest BCUT2D eigenvalue weighted by atomic mass is 16.5. The lowest BCUT2D eigenvalue weighted by Crippen LogP contribution is -2.22. The van der Waals surface area contributed by atoms with Crippen molar-refractivity contribution in [2.45, 2.75) is 12.5 Å². The quantitative estimate of drug-likeness (QED) is 0.598. The zero-order valence-electron chi connectivity index (χ0n) is 13.3. The van der Waals surface area contributed by atoms with Crippen LogP contribution in [0.5, 0.6) is 5.75 Å². The Morgan fingerprint density at radius 3 is 2.29 bits per heavy atom. The summed E-state index contributed by atoms with van der Waals surface area (Å²) in [6, 6.07) is 8.18. The highest BCUT2D eigenvalue weighted by Gasteiger charge is 2.09. The minimum atomic E-state index is 0.171. The second-order valence-corrected chi connectivity index (χ2v) is 4.65. The Labute approximate surface area is 127 Å². The van der Waals surface area contributed by atoms with Gasteiger partial charge in [0.05, 0.1) is 33.0 Å². The molecule has 0 amide bonds. The number of hydrogen-bond acceptors (Lipinski definition) is 5. The second kappa shape index (κ2) is 11.5. The molecule has 0 fully saturated rings. The second-order valence-electron chi connectivity index (χ2n) is 4.65. The Kier molecular flexibility index (Phi) is 9.82. The molecule has 1 aromatic rings. The largest absolute Gasteiger partial charge is 0.497 e. The van der Waals surface area contributed by atoms with Crippen molar-refractivity contribution >= 4 is 0 Å². The van der Waals surface area contributed by atoms with Gasteiger partial charge in [0.1, 0.15) is 5.75 Å². The molecular formula is C16H27NO4. The van der Waals surface area contributed by atoms with Crippen LogP contribution in [0, 0.1) is 0 Å². The lowest BCUT2D eigenvalue weighted by Gasteiger charge is -2.17. The third-order valence-corrected chi connectivity index (χ3v) is 3.16. The number of rotatable bonds is 12. The van der Waals surface area contributed by atoms with Gasteiger partial charge >= 0.3 is 0 Å². The summed E-state index contributed by atoms with van der Waals surface area (Å²) in [5.41, 5.74) is 1.18. The molecular weight excluding hydrogens is 270 g/mol. The van der Waals surface area contributed by atoms with Gasteiger partial charge in [0, 0.05) is 20.3 Å². The van der Waals surface area contributed by atoms with E-state index in [2.05, 4.69) is 5.32 Å². The maximum atomic E-state index is 5.65. The van der Waals surface area contributed by atoms with Gasteiger partial charge in [0.2, 0.25) is 0 Å². The van der Waals surface area contributed by atoms with Crippen LogP contribution in [-0.4, -0.2) is 54.3 Å². The summed E-state index contributed by atoms with van der Waals surface area (Å²) in [5, 5.41) is 3.25. The molecule has 0 aliphatic carbocycles. The highest BCUT2D eigenvalue weighted by Crippen LogP contribution is 2.17. The molecule has 0 saturated carbocycles. The molecule has 1 aromatic carbocycles. The fraction of sp³-hybridized carbons (Fsp3) is 0.625. The van der Waals surface area contributed by atoms with E-state index in [1.807, 2.05) is 31.3 Å². The van der Waals surface area contributed by atoms with Crippen LogP contribution in [0.4, 0.5) is 0 Å². The van der Waals surface area contributed by atoms with Gasteiger partial charge in [-0.2, -0.15) is 0 Å². The summed E-state index contributed by atoms with van der Waals surface area (Å²) in [4.78, 5) is 0. The Morgan fingerprint density at radius 1 is 0.952 bits per heavy atom. The zero-order valence-corrected chi connectivity index (χ0v) is 13.3. The third kappa shape index (κ3) is 7.43. The molecule has 0 aliphatic rings. The molecule has 0 aliphatic heterocycles. The van der Waals surface area contributed by atoms with Crippen molar-refractivity contribution in [1.29, 1.82) is 0 Å². The first-order valence-electron chi connectivity index (χ1n) is 7.27. The van der Waals surface area contributed by atoms with Gasteiger partial charge in [-0.15, -0.1) is 0 Å². The molecule has 21 heavy (non-hydrogen) atoms. The van der Waals surface area contributed by atoms with Crippen LogP contribution in [0.3, 0.4) is 0 Å². The average molecular weight is 297 g/mol. The number of benzene rings is 1. The molecule has 0 saturated heterocycles. The normalized spacial score (nSPS) is 12.3. The molecule has 120 valence electrons. The smallest absolute Gasteiger partial charge is 0.118 e. The number of methoxy groups -OCH3 is 2. The molecule has 1 rings (SSSR count). The van der Waals surface area contributed by atoms with Crippen LogP contribution in [0.2, 0.25) is 0 Å². The van der Waals surface area contributed by atoms with Gasteiger partial charge in [0.15, 0.2) is 0 Å². The van der Waals surface area contributed by atoms with Crippen LogP contribution in [0.1, 0.15) is 18.0 Å². The summed E-state index contributed by atoms with van der Waals surface area (Å²) >= 11 is 0. The van der Waals surface area contributed by atoms with Crippen molar-refractivity contribution < 1.29 is 18.9 Å². The number of ether oxygens (including phenoxy) is 4. The van der Waals surface area contributed by atoms with E-state index in [4.69, 9.17) is 18.9 Å². The molecule has 1 N–H and O–H groups in total. The molecule has 5 nitrogen and oxygen atoms in total. The number of likely N-dealkylation sites (N-methyl/N-ethyl adjacent to an activating group) is 1. The van der Waals surface area contributed by atoms with Crippen molar-refractivity contribution in [3.63, 3.8) is 0 Å². The molecule has 0 spiro atoms. The molecule has 0 radical (unpaired) electrons. The Bertz CT molecular complexity index is 356. The summed E-state index contributed by atoms with van der Waals surface area (Å²) in [6.45, 7) is 3.28. The lowest BCUT2D eigenvalue weighted by molar-refractivity contribution is 0.0330. The minimum Gasteiger partial charge on any atom is -0.497 e. The van der Waals surface area contributed by atoms with E-state index < -0.39 is 0 Å². The van der Waals surface area contributed by atoms with Gasteiger partial charge in [-0.1, -0.05) is 12.1 Å². The maximum absolute atomic E-state index is 5.65. The van der Waals surface area contributed by atoms with Crippen molar-refractivity contribution in [1.82, 2.24) is 5.32 Å². The SMILES string of the molecule is CNC(COCCOCCCOC)c1ccc(OC)cc1. The van der Waals surface area contributed by atoms with E-state index >= 15 is 0 Å². The first kappa shape index (κ1) is 17.9. The van der Waals surface area contributed by atoms with Gasteiger partial charge in [0.25, 0.3) is 0 Å². The maximum Gasteiger partial charge on any atom is 0.118 e. The molecule has 5 heteroatoms. The van der Waals surface area contributed by atoms with E-state index in [1.54, 1.807) is 14.2 Å². The summed E-state index contributed by atoms with van der Waals surface area (Å²) in [6.07, 6.45) is 0.918. The first-order valence-corrected chi connectivity index (χ1v) is 7.27. The van der Waals surface area contributed by atoms with E-state index in [-0.39, 0.29) is 6.04 Å². The van der Waals surface area contributed by atoms with Crippen molar-refractivity contribution in [3.05, 3.63) is 29.8 Å². The van der Waals surface area contributed by atoms with Crippen LogP contribution < -0.4 is 10.1 Å². The topological polar surface area (TPSA) is 49.0 Å². The Morgan fingerprint density at radius 2 is 1.67 bits per heavy atom. The zero-order chi connectivity index (χ0) is 15.3. The van der Waals surface area contributed by atoms with Crippen molar-refractivity contribution in [2.75, 3.05) is 54.3 Å². The average Bonchev–Trinajstić information content (AvgIpc) is 2.54. The van der Waals surface area contributed by atoms with Crippen LogP contribution in [-0.2, 0) is 14.2 Å². The van der Waals surface area contributed by atoms with Gasteiger partial charge in [-0.25, -0.2) is 0 Å². The molecule has 0 bridgehead atoms.